The van der Waals surface area contributed by atoms with Gasteiger partial charge in [0.25, 0.3) is 0 Å². The SMILES string of the molecule is CC.CC(C)(C)OC(=O)N1CCC(n2c(=O)[nH]c3c(N)ncnc32)C1. The molecule has 25 heavy (non-hydrogen) atoms. The fraction of sp³-hybridized carbons (Fsp3) is 0.625. The van der Waals surface area contributed by atoms with Crippen molar-refractivity contribution in [2.75, 3.05) is 18.8 Å². The first-order valence-electron chi connectivity index (χ1n) is 8.45. The van der Waals surface area contributed by atoms with Crippen LogP contribution in [0.2, 0.25) is 0 Å². The first kappa shape index (κ1) is 18.8. The second kappa shape index (κ2) is 7.12. The molecule has 9 nitrogen and oxygen atoms in total. The molecule has 0 spiro atoms. The summed E-state index contributed by atoms with van der Waals surface area (Å²) in [7, 11) is 0. The number of hydrogen-bond acceptors (Lipinski definition) is 6. The van der Waals surface area contributed by atoms with Crippen molar-refractivity contribution in [1.82, 2.24) is 24.4 Å². The van der Waals surface area contributed by atoms with Gasteiger partial charge in [0.05, 0.1) is 6.04 Å². The summed E-state index contributed by atoms with van der Waals surface area (Å²) >= 11 is 0. The van der Waals surface area contributed by atoms with Gasteiger partial charge >= 0.3 is 11.8 Å². The summed E-state index contributed by atoms with van der Waals surface area (Å²) in [5, 5.41) is 0. The number of ether oxygens (including phenoxy) is 1. The molecular formula is C16H26N6O3. The number of imidazole rings is 1. The van der Waals surface area contributed by atoms with Crippen LogP contribution in [0.15, 0.2) is 11.1 Å². The zero-order chi connectivity index (χ0) is 18.8. The Morgan fingerprint density at radius 3 is 2.68 bits per heavy atom. The molecule has 9 heteroatoms. The van der Waals surface area contributed by atoms with Gasteiger partial charge in [-0.15, -0.1) is 0 Å². The number of amides is 1. The van der Waals surface area contributed by atoms with Gasteiger partial charge in [-0.25, -0.2) is 19.6 Å². The summed E-state index contributed by atoms with van der Waals surface area (Å²) in [6.07, 6.45) is 1.60. The molecule has 1 atom stereocenters. The van der Waals surface area contributed by atoms with Crippen molar-refractivity contribution in [1.29, 1.82) is 0 Å². The van der Waals surface area contributed by atoms with Crippen molar-refractivity contribution in [3.63, 3.8) is 0 Å². The molecular weight excluding hydrogens is 324 g/mol. The van der Waals surface area contributed by atoms with E-state index < -0.39 is 5.60 Å². The molecule has 3 N–H and O–H groups in total. The maximum Gasteiger partial charge on any atom is 0.410 e. The van der Waals surface area contributed by atoms with Crippen molar-refractivity contribution in [3.05, 3.63) is 16.8 Å². The van der Waals surface area contributed by atoms with Crippen molar-refractivity contribution in [2.45, 2.75) is 52.7 Å². The van der Waals surface area contributed by atoms with Gasteiger partial charge in [-0.05, 0) is 27.2 Å². The fourth-order valence-corrected chi connectivity index (χ4v) is 2.74. The number of carbonyl (C=O) groups is 1. The highest BCUT2D eigenvalue weighted by atomic mass is 16.6. The average Bonchev–Trinajstić information content (AvgIpc) is 3.12. The highest BCUT2D eigenvalue weighted by Gasteiger charge is 2.32. The molecule has 0 aliphatic carbocycles. The summed E-state index contributed by atoms with van der Waals surface area (Å²) in [6.45, 7) is 10.4. The van der Waals surface area contributed by atoms with Crippen LogP contribution in [0, 0.1) is 0 Å². The number of aromatic amines is 1. The van der Waals surface area contributed by atoms with Gasteiger partial charge in [0.2, 0.25) is 0 Å². The van der Waals surface area contributed by atoms with Crippen LogP contribution in [0.1, 0.15) is 47.1 Å². The Bertz CT molecular complexity index is 804. The van der Waals surface area contributed by atoms with Crippen LogP contribution >= 0.6 is 0 Å². The van der Waals surface area contributed by atoms with Crippen LogP contribution < -0.4 is 11.4 Å². The van der Waals surface area contributed by atoms with Gasteiger partial charge in [0.15, 0.2) is 11.5 Å². The highest BCUT2D eigenvalue weighted by Crippen LogP contribution is 2.25. The van der Waals surface area contributed by atoms with E-state index in [1.165, 1.54) is 10.9 Å². The van der Waals surface area contributed by atoms with Crippen molar-refractivity contribution in [3.8, 4) is 0 Å². The van der Waals surface area contributed by atoms with Crippen molar-refractivity contribution >= 4 is 23.1 Å². The second-order valence-corrected chi connectivity index (χ2v) is 6.63. The monoisotopic (exact) mass is 350 g/mol. The number of anilines is 1. The minimum absolute atomic E-state index is 0.168. The number of fused-ring (bicyclic) bond motifs is 1. The summed E-state index contributed by atoms with van der Waals surface area (Å²) in [5.74, 6) is 0.229. The average molecular weight is 350 g/mol. The smallest absolute Gasteiger partial charge is 0.410 e. The molecule has 1 saturated heterocycles. The van der Waals surface area contributed by atoms with Crippen LogP contribution in [0.25, 0.3) is 11.2 Å². The molecule has 2 aromatic heterocycles. The predicted octanol–water partition coefficient (Wildman–Crippen LogP) is 1.91. The Balaban J connectivity index is 0.00000109. The number of nitrogens with one attached hydrogen (secondary N) is 1. The lowest BCUT2D eigenvalue weighted by atomic mass is 10.2. The molecule has 0 saturated carbocycles. The molecule has 0 aromatic carbocycles. The van der Waals surface area contributed by atoms with E-state index in [1.807, 2.05) is 34.6 Å². The molecule has 1 unspecified atom stereocenters. The van der Waals surface area contributed by atoms with Gasteiger partial charge in [-0.2, -0.15) is 0 Å². The first-order valence-corrected chi connectivity index (χ1v) is 8.45. The molecule has 3 rings (SSSR count). The summed E-state index contributed by atoms with van der Waals surface area (Å²) in [5.41, 5.74) is 5.79. The number of nitrogen functional groups attached to an aromatic ring is 1. The third-order valence-corrected chi connectivity index (χ3v) is 3.72. The molecule has 1 aliphatic rings. The fourth-order valence-electron chi connectivity index (χ4n) is 2.74. The van der Waals surface area contributed by atoms with Crippen LogP contribution in [0.5, 0.6) is 0 Å². The van der Waals surface area contributed by atoms with Gasteiger partial charge < -0.3 is 20.4 Å². The molecule has 1 amide bonds. The lowest BCUT2D eigenvalue weighted by molar-refractivity contribution is 0.0289. The van der Waals surface area contributed by atoms with E-state index in [-0.39, 0.29) is 23.6 Å². The Hall–Kier alpha value is -2.58. The topological polar surface area (TPSA) is 119 Å². The van der Waals surface area contributed by atoms with E-state index in [0.29, 0.717) is 30.7 Å². The van der Waals surface area contributed by atoms with E-state index in [4.69, 9.17) is 10.5 Å². The lowest BCUT2D eigenvalue weighted by Crippen LogP contribution is -2.36. The van der Waals surface area contributed by atoms with Gasteiger partial charge in [-0.3, -0.25) is 4.57 Å². The quantitative estimate of drug-likeness (QED) is 0.811. The first-order chi connectivity index (χ1) is 11.8. The van der Waals surface area contributed by atoms with E-state index in [9.17, 15) is 9.59 Å². The number of nitrogens with zero attached hydrogens (tertiary/aromatic N) is 4. The molecule has 3 heterocycles. The molecule has 1 aliphatic heterocycles. The summed E-state index contributed by atoms with van der Waals surface area (Å²) in [4.78, 5) is 36.7. The molecule has 2 aromatic rings. The molecule has 0 bridgehead atoms. The van der Waals surface area contributed by atoms with E-state index in [2.05, 4.69) is 15.0 Å². The lowest BCUT2D eigenvalue weighted by Gasteiger charge is -2.24. The van der Waals surface area contributed by atoms with Crippen molar-refractivity contribution < 1.29 is 9.53 Å². The normalized spacial score (nSPS) is 17.3. The molecule has 138 valence electrons. The number of likely N-dealkylation sites (tertiary alicyclic amines) is 1. The van der Waals surface area contributed by atoms with Crippen LogP contribution in [-0.4, -0.2) is 49.2 Å². The minimum Gasteiger partial charge on any atom is -0.444 e. The number of nitrogens with two attached hydrogens (primary N) is 1. The number of hydrogen-bond donors (Lipinski definition) is 2. The Morgan fingerprint density at radius 2 is 2.04 bits per heavy atom. The maximum absolute atomic E-state index is 12.2. The molecule has 0 radical (unpaired) electrons. The zero-order valence-corrected chi connectivity index (χ0v) is 15.4. The van der Waals surface area contributed by atoms with Crippen molar-refractivity contribution in [2.24, 2.45) is 0 Å². The standard InChI is InChI=1S/C14H20N6O3.C2H6/c1-14(2,3)23-13(22)19-5-4-8(6-19)20-11-9(18-12(20)21)10(15)16-7-17-11;1-2/h7-8H,4-6H2,1-3H3,(H,18,21)(H2,15,16,17);1-2H3. The Morgan fingerprint density at radius 1 is 1.36 bits per heavy atom. The summed E-state index contributed by atoms with van der Waals surface area (Å²) in [6, 6.07) is -0.168. The summed E-state index contributed by atoms with van der Waals surface area (Å²) < 4.78 is 6.91. The van der Waals surface area contributed by atoms with Crippen LogP contribution in [0.4, 0.5) is 10.6 Å². The van der Waals surface area contributed by atoms with E-state index in [1.54, 1.807) is 4.90 Å². The maximum atomic E-state index is 12.2. The number of aromatic nitrogens is 4. The predicted molar refractivity (Wildman–Crippen MR) is 95.4 cm³/mol. The molecule has 1 fully saturated rings. The van der Waals surface area contributed by atoms with Crippen LogP contribution in [0.3, 0.4) is 0 Å². The van der Waals surface area contributed by atoms with Gasteiger partial charge in [0, 0.05) is 13.1 Å². The largest absolute Gasteiger partial charge is 0.444 e. The zero-order valence-electron chi connectivity index (χ0n) is 15.4. The highest BCUT2D eigenvalue weighted by molar-refractivity contribution is 5.81. The Labute approximate surface area is 146 Å². The third-order valence-electron chi connectivity index (χ3n) is 3.72. The van der Waals surface area contributed by atoms with Crippen LogP contribution in [-0.2, 0) is 4.74 Å². The van der Waals surface area contributed by atoms with E-state index in [0.717, 1.165) is 0 Å². The second-order valence-electron chi connectivity index (χ2n) is 6.63. The number of carbonyl (C=O) groups excluding carboxylic acids is 1. The van der Waals surface area contributed by atoms with Gasteiger partial charge in [0.1, 0.15) is 17.4 Å². The Kier molecular flexibility index (Phi) is 5.34. The number of rotatable bonds is 1. The third kappa shape index (κ3) is 3.92. The van der Waals surface area contributed by atoms with E-state index >= 15 is 0 Å². The minimum atomic E-state index is -0.547. The number of H-pyrrole nitrogens is 1. The van der Waals surface area contributed by atoms with Gasteiger partial charge in [-0.1, -0.05) is 13.8 Å².